The van der Waals surface area contributed by atoms with Gasteiger partial charge in [-0.05, 0) is 96.4 Å². The van der Waals surface area contributed by atoms with E-state index >= 15 is 0 Å². The molecule has 0 N–H and O–H groups in total. The van der Waals surface area contributed by atoms with Gasteiger partial charge in [0.15, 0.2) is 8.07 Å². The monoisotopic (exact) mass is 1250 g/mol. The van der Waals surface area contributed by atoms with Gasteiger partial charge in [0, 0.05) is 72.5 Å². The topological polar surface area (TPSA) is 33.5 Å². The molecule has 3 heterocycles. The van der Waals surface area contributed by atoms with Crippen molar-refractivity contribution < 1.29 is 34.0 Å². The van der Waals surface area contributed by atoms with E-state index in [0.717, 1.165) is 48.8 Å². The number of anilines is 4. The van der Waals surface area contributed by atoms with E-state index in [-0.39, 0.29) is 50.6 Å². The molecule has 0 radical (unpaired) electrons. The number of rotatable bonds is 11. The molecule has 0 bridgehead atoms. The number of ether oxygens (including phenoxy) is 1. The summed E-state index contributed by atoms with van der Waals surface area (Å²) in [5.74, 6) is 1.20. The van der Waals surface area contributed by atoms with Gasteiger partial charge in [0.05, 0.1) is 8.22 Å². The predicted molar refractivity (Wildman–Crippen MR) is 336 cm³/mol. The average molecular weight is 1250 g/mol. The van der Waals surface area contributed by atoms with Crippen molar-refractivity contribution in [1.29, 1.82) is 0 Å². The van der Waals surface area contributed by atoms with E-state index in [2.05, 4.69) is 185 Å². The van der Waals surface area contributed by atoms with Gasteiger partial charge in [-0.1, -0.05) is 229 Å². The molecule has 81 heavy (non-hydrogen) atoms. The summed E-state index contributed by atoms with van der Waals surface area (Å²) < 4.78 is 65.6. The minimum atomic E-state index is -3.32. The maximum Gasteiger partial charge on any atom is 0.155 e. The van der Waals surface area contributed by atoms with Crippen molar-refractivity contribution in [1.82, 2.24) is 9.55 Å². The van der Waals surface area contributed by atoms with Crippen LogP contribution in [-0.4, -0.2) is 17.6 Å². The SMILES string of the molecule is [2H]c1c(-c2ccccc2)c(N2[CH-]N(c3[c-]c(Oc4[c-]c5c(cc4)c4c([2H])c([2H])c([2H])c([2H])c4n5-c4cc(C(C)(C)C)ccn4)cc([Si](c4ccccc4)(c4ccccc4)c4ccccc4)c3)c3ccccc32)c(-c2ccccc2)c([2H])c1C(C)(C)C.[Pt]. The van der Waals surface area contributed by atoms with Gasteiger partial charge in [0.1, 0.15) is 5.82 Å². The Kier molecular flexibility index (Phi) is 12.3. The van der Waals surface area contributed by atoms with Crippen molar-refractivity contribution >= 4 is 73.4 Å². The number of benzene rings is 10. The van der Waals surface area contributed by atoms with Crippen LogP contribution < -0.4 is 35.3 Å². The van der Waals surface area contributed by atoms with Crippen LogP contribution in [0.1, 0.15) is 60.9 Å². The fourth-order valence-electron chi connectivity index (χ4n) is 11.3. The number of pyridine rings is 1. The molecule has 400 valence electrons. The fourth-order valence-corrected chi connectivity index (χ4v) is 16.1. The van der Waals surface area contributed by atoms with Crippen LogP contribution in [0.25, 0.3) is 49.9 Å². The Balaban J connectivity index is 0.00000739. The molecule has 12 aromatic rings. The molecular weight excluding hydrogens is 1180 g/mol. The van der Waals surface area contributed by atoms with Gasteiger partial charge in [0.2, 0.25) is 0 Å². The Morgan fingerprint density at radius 3 is 1.58 bits per heavy atom. The van der Waals surface area contributed by atoms with E-state index in [1.807, 2.05) is 91.0 Å². The zero-order valence-electron chi connectivity index (χ0n) is 51.9. The standard InChI is InChI=1S/C74H61N4OSi.Pt/c1-73(2,3)54-42-43-75-71(46-54)78-67-37-23-22-36-63(67)64-41-40-57(50-70(64)78)79-58-47-56(48-62(49-58)80(59-30-16-9-17-31-59,60-32-18-10-19-33-60)61-34-20-11-21-35-61)76-51-77(69-39-25-24-38-68(69)76)72-65(52-26-12-7-13-27-52)44-55(74(4,5)6)45-66(72)53-28-14-8-15-29-53;/h7-46,48-49,51H,1-6H3;/q-3;/i22D,23D,36D,37D,44D,45D;. The summed E-state index contributed by atoms with van der Waals surface area (Å²) in [6.07, 6.45) is 1.74. The first kappa shape index (κ1) is 46.2. The molecular formula is C74H61N4OPtSi-3. The first-order chi connectivity index (χ1) is 41.4. The van der Waals surface area contributed by atoms with Crippen LogP contribution in [0.2, 0.25) is 0 Å². The quantitative estimate of drug-likeness (QED) is 0.0734. The fraction of sp³-hybridized carbons (Fsp3) is 0.108. The Hall–Kier alpha value is -8.54. The molecule has 13 rings (SSSR count). The van der Waals surface area contributed by atoms with Crippen molar-refractivity contribution in [3.05, 3.63) is 285 Å². The maximum absolute atomic E-state index is 10.2. The zero-order chi connectivity index (χ0) is 59.8. The molecule has 5 nitrogen and oxygen atoms in total. The summed E-state index contributed by atoms with van der Waals surface area (Å²) in [6.45, 7) is 14.7. The summed E-state index contributed by atoms with van der Waals surface area (Å²) in [5.41, 5.74) is 7.81. The van der Waals surface area contributed by atoms with Crippen LogP contribution in [0.15, 0.2) is 255 Å². The molecule has 0 aliphatic carbocycles. The molecule has 0 spiro atoms. The second-order valence-corrected chi connectivity index (χ2v) is 26.2. The van der Waals surface area contributed by atoms with Crippen LogP contribution in [0.4, 0.5) is 22.7 Å². The third kappa shape index (κ3) is 9.71. The molecule has 2 aromatic heterocycles. The maximum atomic E-state index is 10.2. The molecule has 1 aliphatic rings. The number of aromatic nitrogens is 2. The molecule has 0 unspecified atom stereocenters. The van der Waals surface area contributed by atoms with E-state index in [4.69, 9.17) is 12.5 Å². The molecule has 0 fully saturated rings. The van der Waals surface area contributed by atoms with E-state index in [1.54, 1.807) is 16.8 Å². The van der Waals surface area contributed by atoms with Gasteiger partial charge in [-0.3, -0.25) is 0 Å². The van der Waals surface area contributed by atoms with Gasteiger partial charge >= 0.3 is 0 Å². The van der Waals surface area contributed by atoms with E-state index in [0.29, 0.717) is 79.3 Å². The van der Waals surface area contributed by atoms with Gasteiger partial charge in [0.25, 0.3) is 0 Å². The van der Waals surface area contributed by atoms with Crippen molar-refractivity contribution in [2.45, 2.75) is 52.4 Å². The molecule has 7 heteroatoms. The first-order valence-electron chi connectivity index (χ1n) is 30.1. The number of hydrogen-bond donors (Lipinski definition) is 0. The average Bonchev–Trinajstić information content (AvgIpc) is 1.80. The Labute approximate surface area is 500 Å². The molecule has 0 atom stereocenters. The smallest absolute Gasteiger partial charge is 0.155 e. The van der Waals surface area contributed by atoms with Gasteiger partial charge in [-0.2, -0.15) is 6.07 Å². The molecule has 10 aromatic carbocycles. The van der Waals surface area contributed by atoms with Crippen LogP contribution in [0, 0.1) is 18.8 Å². The second kappa shape index (κ2) is 21.5. The van der Waals surface area contributed by atoms with Crippen LogP contribution in [-0.2, 0) is 31.9 Å². The molecule has 0 saturated heterocycles. The second-order valence-electron chi connectivity index (χ2n) is 22.4. The minimum Gasteiger partial charge on any atom is -0.509 e. The van der Waals surface area contributed by atoms with Gasteiger partial charge in [-0.25, -0.2) is 4.98 Å². The Morgan fingerprint density at radius 1 is 0.506 bits per heavy atom. The summed E-state index contributed by atoms with van der Waals surface area (Å²) in [4.78, 5) is 9.13. The molecule has 0 saturated carbocycles. The van der Waals surface area contributed by atoms with Crippen molar-refractivity contribution in [3.8, 4) is 39.6 Å². The van der Waals surface area contributed by atoms with Crippen molar-refractivity contribution in [2.75, 3.05) is 9.80 Å². The first-order valence-corrected chi connectivity index (χ1v) is 29.1. The Bertz CT molecular complexity index is 4410. The number of fused-ring (bicyclic) bond motifs is 4. The van der Waals surface area contributed by atoms with Crippen molar-refractivity contribution in [3.63, 3.8) is 0 Å². The van der Waals surface area contributed by atoms with Crippen LogP contribution >= 0.6 is 0 Å². The van der Waals surface area contributed by atoms with Crippen molar-refractivity contribution in [2.24, 2.45) is 0 Å². The third-order valence-corrected chi connectivity index (χ3v) is 20.0. The van der Waals surface area contributed by atoms with Crippen LogP contribution in [0.3, 0.4) is 0 Å². The van der Waals surface area contributed by atoms with E-state index in [1.165, 1.54) is 0 Å². The number of nitrogens with zero attached hydrogens (tertiary/aromatic N) is 4. The zero-order valence-corrected chi connectivity index (χ0v) is 49.1. The summed E-state index contributed by atoms with van der Waals surface area (Å²) >= 11 is 0. The molecule has 0 amide bonds. The predicted octanol–water partition coefficient (Wildman–Crippen LogP) is 16.3. The minimum absolute atomic E-state index is 0. The van der Waals surface area contributed by atoms with E-state index < -0.39 is 13.5 Å². The van der Waals surface area contributed by atoms with Gasteiger partial charge in [-0.15, -0.1) is 53.3 Å². The van der Waals surface area contributed by atoms with E-state index in [9.17, 15) is 5.48 Å². The summed E-state index contributed by atoms with van der Waals surface area (Å²) in [5, 5.41) is 5.39. The molecule has 1 aliphatic heterocycles. The normalized spacial score (nSPS) is 13.7. The van der Waals surface area contributed by atoms with Gasteiger partial charge < -0.3 is 19.1 Å². The van der Waals surface area contributed by atoms with Crippen LogP contribution in [0.5, 0.6) is 11.5 Å². The third-order valence-electron chi connectivity index (χ3n) is 15.2. The Morgan fingerprint density at radius 2 is 1.02 bits per heavy atom. The number of hydrogen-bond acceptors (Lipinski definition) is 4. The summed E-state index contributed by atoms with van der Waals surface area (Å²) in [6, 6.07) is 79.4. The summed E-state index contributed by atoms with van der Waals surface area (Å²) in [7, 11) is -3.32. The number of para-hydroxylation sites is 3. The largest absolute Gasteiger partial charge is 0.509 e.